The largest absolute Gasteiger partial charge is 0.412 e. The topological polar surface area (TPSA) is 567 Å². The molecule has 10 heterocycles. The second-order valence-corrected chi connectivity index (χ2v) is 38.4. The monoisotopic (exact) mass is 2050 g/mol. The molecular formula is C102H91N24O15S5+. The second kappa shape index (κ2) is 47.1. The fourth-order valence-electron chi connectivity index (χ4n) is 15.9. The number of nitrogens with zero attached hydrogens (tertiary/aromatic N) is 18. The van der Waals surface area contributed by atoms with Gasteiger partial charge in [0.1, 0.15) is 39.0 Å². The minimum atomic E-state index is -0.416. The number of nitro groups is 4. The highest BCUT2D eigenvalue weighted by atomic mass is 32.2. The van der Waals surface area contributed by atoms with Crippen LogP contribution >= 0.6 is 58.8 Å². The summed E-state index contributed by atoms with van der Waals surface area (Å²) in [5, 5.41) is 106. The molecule has 146 heavy (non-hydrogen) atoms. The summed E-state index contributed by atoms with van der Waals surface area (Å²) in [4.78, 5) is 121. The smallest absolute Gasteiger partial charge is 0.273 e. The van der Waals surface area contributed by atoms with Crippen LogP contribution in [0, 0.1) is 47.4 Å². The Hall–Kier alpha value is -16.6. The Bertz CT molecular complexity index is 8110. The molecule has 10 aromatic carbocycles. The van der Waals surface area contributed by atoms with Crippen LogP contribution in [0.1, 0.15) is 82.2 Å². The molecule has 17 aromatic rings. The van der Waals surface area contributed by atoms with Crippen LogP contribution in [0.2, 0.25) is 0 Å². The first-order chi connectivity index (χ1) is 69.9. The fourth-order valence-corrected chi connectivity index (χ4v) is 19.1. The zero-order chi connectivity index (χ0) is 102. The van der Waals surface area contributed by atoms with Gasteiger partial charge in [-0.1, -0.05) is 95.9 Å². The Balaban J connectivity index is 0.000000137. The molecule has 0 saturated heterocycles. The van der Waals surface area contributed by atoms with Crippen molar-refractivity contribution >= 4 is 177 Å². The Morgan fingerprint density at radius 2 is 0.911 bits per heavy atom. The number of non-ortho nitro benzene ring substituents is 3. The van der Waals surface area contributed by atoms with Gasteiger partial charge in [-0.05, 0) is 201 Å². The van der Waals surface area contributed by atoms with Crippen molar-refractivity contribution in [1.29, 1.82) is 0 Å². The first-order valence-electron chi connectivity index (χ1n) is 44.8. The average molecular weight is 2050 g/mol. The Labute approximate surface area is 852 Å². The van der Waals surface area contributed by atoms with Crippen molar-refractivity contribution in [3.63, 3.8) is 0 Å². The summed E-state index contributed by atoms with van der Waals surface area (Å²) in [6.07, 6.45) is 10.3. The molecule has 3 aliphatic rings. The number of hydrogen-bond acceptors (Lipinski definition) is 31. The number of aromatic nitrogens is 14. The van der Waals surface area contributed by atoms with Crippen molar-refractivity contribution in [3.05, 3.63) is 299 Å². The summed E-state index contributed by atoms with van der Waals surface area (Å²) in [6, 6.07) is 63.6. The third-order valence-electron chi connectivity index (χ3n) is 22.8. The summed E-state index contributed by atoms with van der Waals surface area (Å²) in [5.41, 5.74) is 22.5. The van der Waals surface area contributed by atoms with E-state index in [0.29, 0.717) is 120 Å². The lowest BCUT2D eigenvalue weighted by atomic mass is 9.94. The van der Waals surface area contributed by atoms with E-state index in [1.165, 1.54) is 118 Å². The molecule has 0 unspecified atom stereocenters. The number of fused-ring (bicyclic) bond motifs is 4. The molecule has 0 fully saturated rings. The van der Waals surface area contributed by atoms with Gasteiger partial charge < -0.3 is 19.6 Å². The molecule has 0 saturated carbocycles. The van der Waals surface area contributed by atoms with Crippen molar-refractivity contribution in [2.24, 2.45) is 32.4 Å². The van der Waals surface area contributed by atoms with Gasteiger partial charge in [-0.15, -0.1) is 49.0 Å². The molecule has 39 nitrogen and oxygen atoms in total. The number of thioether (sulfide) groups is 5. The standard InChI is InChI=1S/C21H19N5O3S.C21H17N5O3S.C21H19N5O3S.C20H16N4O3S.C19H17N5O2S.H2O/c1-12(27)11-30-21-22-20(23-24-21)16-9-17(13(2)19(10-16)26(28)29)14-4-5-18-15(8-14)6-7-25(18)3;1-13(27)12-30-21-11-20(24-25-21)17-8-16(9-18(10-17)26(28)29)14-3-2-4-15(7-14)19-5-6-22-23-19;1-3-25-7-6-15-8-14(4-5-19(15)25)16-9-17(11-18(10-16)26(28)29)20-22-21(24-23-20)30-12-13(2)27;1-12(25)11-28-20-8-19(22-23-20)15-5-14(6-16(7-15)24(26)27)17-4-2-3-13-9-21-10-18(13)17;1-11(25)10-27-19-21-18(22-23-19)13-7-12(8-14(9-13)24-26)15-3-2-4-17-16(15)5-6-20-17;/h4-10H,11H2,1-3H3,(H,22,23,24);2-10H,11-12H2,1H3,(H,22,23);4-11H,3,12H2,1-2H3,(H,22,23,24);2-7,10H,8-9,11H2,1H3;2-9,20,24,26H,10H2,1H3,(H,21,22,23);1H2/p+1. The highest BCUT2D eigenvalue weighted by Gasteiger charge is 2.27. The number of nitrogens with one attached hydrogen (secondary N) is 5. The average Bonchev–Trinajstić information content (AvgIpc) is 1.36. The maximum absolute atomic E-state index is 11.7. The van der Waals surface area contributed by atoms with E-state index in [1.54, 1.807) is 31.3 Å². The molecular weight excluding hydrogens is 1960 g/mol. The van der Waals surface area contributed by atoms with Gasteiger partial charge in [0.25, 0.3) is 22.7 Å². The third kappa shape index (κ3) is 25.5. The van der Waals surface area contributed by atoms with Gasteiger partial charge in [0.15, 0.2) is 23.2 Å². The number of nitro benzene ring substituents is 4. The number of Topliss-reactive ketones (excluding diaryl/α,β-unsaturated/α-hetero) is 5. The lowest BCUT2D eigenvalue weighted by Gasteiger charge is -2.10. The molecule has 738 valence electrons. The number of H-pyrrole nitrogens is 5. The van der Waals surface area contributed by atoms with E-state index >= 15 is 0 Å². The first kappa shape index (κ1) is 104. The van der Waals surface area contributed by atoms with E-state index < -0.39 is 14.8 Å². The summed E-state index contributed by atoms with van der Waals surface area (Å²) in [7, 11) is 1.98. The van der Waals surface area contributed by atoms with E-state index in [1.807, 2.05) is 200 Å². The van der Waals surface area contributed by atoms with Gasteiger partial charge in [0, 0.05) is 189 Å². The number of aromatic amines is 5. The SMILES string of the molecule is CC(=O)CSC1=NN=C(c2cc(-c3cccc(-c4ccn[nH]4)c3)cc([N+](=O)[O-])c2)C1.CC(=O)CSC1=NN=C(c2cc(-c3cccc4c3C=NC4)cc([N+](=O)[O-])c2)C1.CC(=O)CSc1n[nH]c(-c2cc(-c3ccc4c(ccn4C)c3)c(C)c([N+](=O)[O-])c2)n1.CC(=O)CSc1n[nH]c(-c2cc([NH2+]O)cc(-c3cccc4[nH]ccc34)c2)n1.CCn1ccc2cc(-c3cc(-c4nc(SCC(C)=O)n[nH]4)cc([N+](=O)[O-])c3)ccc21.O. The Morgan fingerprint density at radius 3 is 1.48 bits per heavy atom. The summed E-state index contributed by atoms with van der Waals surface area (Å²) < 4.78 is 4.17. The minimum Gasteiger partial charge on any atom is -0.412 e. The maximum atomic E-state index is 11.7. The maximum Gasteiger partial charge on any atom is 0.273 e. The summed E-state index contributed by atoms with van der Waals surface area (Å²) in [5.74, 6) is 3.24. The van der Waals surface area contributed by atoms with Crippen molar-refractivity contribution in [1.82, 2.24) is 69.9 Å². The molecule has 7 aromatic heterocycles. The molecule has 0 spiro atoms. The van der Waals surface area contributed by atoms with Crippen LogP contribution in [-0.4, -0.2) is 186 Å². The zero-order valence-electron chi connectivity index (χ0n) is 79.3. The number of carbonyl (C=O) groups is 5. The van der Waals surface area contributed by atoms with Crippen LogP contribution in [-0.2, 0) is 44.1 Å². The molecule has 44 heteroatoms. The molecule has 20 rings (SSSR count). The van der Waals surface area contributed by atoms with Crippen molar-refractivity contribution in [3.8, 4) is 101 Å². The number of aryl methyl sites for hydroxylation is 2. The van der Waals surface area contributed by atoms with Crippen LogP contribution in [0.3, 0.4) is 0 Å². The molecule has 0 bridgehead atoms. The predicted octanol–water partition coefficient (Wildman–Crippen LogP) is 19.8. The van der Waals surface area contributed by atoms with Crippen LogP contribution < -0.4 is 5.48 Å². The van der Waals surface area contributed by atoms with Crippen molar-refractivity contribution in [2.75, 3.05) is 28.8 Å². The third-order valence-corrected chi connectivity index (χ3v) is 28.0. The van der Waals surface area contributed by atoms with Crippen LogP contribution in [0.25, 0.3) is 134 Å². The molecule has 3 aliphatic heterocycles. The predicted molar refractivity (Wildman–Crippen MR) is 570 cm³/mol. The Morgan fingerprint density at radius 1 is 0.445 bits per heavy atom. The zero-order valence-corrected chi connectivity index (χ0v) is 83.4. The van der Waals surface area contributed by atoms with Gasteiger partial charge in [-0.25, -0.2) is 20.2 Å². The first-order valence-corrected chi connectivity index (χ1v) is 49.8. The van der Waals surface area contributed by atoms with E-state index in [9.17, 15) is 69.6 Å². The van der Waals surface area contributed by atoms with Gasteiger partial charge in [0.2, 0.25) is 15.5 Å². The number of benzene rings is 10. The van der Waals surface area contributed by atoms with Crippen molar-refractivity contribution in [2.45, 2.75) is 89.9 Å². The van der Waals surface area contributed by atoms with Crippen molar-refractivity contribution < 1.29 is 59.8 Å². The molecule has 0 amide bonds. The second-order valence-electron chi connectivity index (χ2n) is 33.5. The molecule has 0 atom stereocenters. The highest BCUT2D eigenvalue weighted by Crippen LogP contribution is 2.42. The molecule has 0 aliphatic carbocycles. The lowest BCUT2D eigenvalue weighted by Crippen LogP contribution is -2.73. The van der Waals surface area contributed by atoms with E-state index in [2.05, 4.69) is 97.6 Å². The lowest BCUT2D eigenvalue weighted by molar-refractivity contribution is -0.825. The number of hydrogen-bond donors (Lipinski definition) is 7. The van der Waals surface area contributed by atoms with Crippen LogP contribution in [0.15, 0.2) is 272 Å². The molecule has 10 N–H and O–H groups in total. The Kier molecular flexibility index (Phi) is 33.4. The normalized spacial score (nSPS) is 12.1. The van der Waals surface area contributed by atoms with Gasteiger partial charge >= 0.3 is 0 Å². The van der Waals surface area contributed by atoms with Gasteiger partial charge in [-0.2, -0.15) is 20.8 Å². The van der Waals surface area contributed by atoms with Gasteiger partial charge in [-0.3, -0.25) is 89.8 Å². The van der Waals surface area contributed by atoms with E-state index in [4.69, 9.17) is 0 Å². The quantitative estimate of drug-likeness (QED) is 0.00951. The number of ketones is 5. The number of quaternary nitrogens is 1. The fraction of sp³-hybridized carbons (Fsp3) is 0.167. The highest BCUT2D eigenvalue weighted by molar-refractivity contribution is 8.14. The van der Waals surface area contributed by atoms with Crippen LogP contribution in [0.4, 0.5) is 28.4 Å². The van der Waals surface area contributed by atoms with E-state index in [0.717, 1.165) is 133 Å². The number of rotatable bonds is 30. The number of carbonyl (C=O) groups excluding carboxylic acids is 5. The summed E-state index contributed by atoms with van der Waals surface area (Å²) in [6.45, 7) is 12.9. The number of nitrogens with two attached hydrogens (primary N) is 1. The van der Waals surface area contributed by atoms with E-state index in [-0.39, 0.29) is 73.6 Å². The van der Waals surface area contributed by atoms with Crippen LogP contribution in [0.5, 0.6) is 0 Å². The minimum absolute atomic E-state index is 0. The summed E-state index contributed by atoms with van der Waals surface area (Å²) >= 11 is 6.43. The van der Waals surface area contributed by atoms with Gasteiger partial charge in [0.05, 0.1) is 72.1 Å². The number of aliphatic imine (C=N–C) groups is 1. The molecule has 0 radical (unpaired) electrons.